The van der Waals surface area contributed by atoms with E-state index in [-0.39, 0.29) is 5.91 Å². The Balaban J connectivity index is 1.80. The lowest BCUT2D eigenvalue weighted by Crippen LogP contribution is -2.17. The molecule has 1 heterocycles. The average molecular weight is 396 g/mol. The SMILES string of the molecule is COc1ccc(-c2cnc(NC(=O)CC(C)C)c(CCC3CCCCC3)n2)cc1. The molecule has 0 spiro atoms. The number of nitrogens with zero attached hydrogens (tertiary/aromatic N) is 2. The van der Waals surface area contributed by atoms with Gasteiger partial charge in [0.2, 0.25) is 5.91 Å². The van der Waals surface area contributed by atoms with E-state index in [1.54, 1.807) is 13.3 Å². The third-order valence-electron chi connectivity index (χ3n) is 5.60. The van der Waals surface area contributed by atoms with Gasteiger partial charge in [-0.2, -0.15) is 0 Å². The van der Waals surface area contributed by atoms with Crippen molar-refractivity contribution in [3.63, 3.8) is 0 Å². The first-order valence-corrected chi connectivity index (χ1v) is 10.9. The molecule has 0 bridgehead atoms. The highest BCUT2D eigenvalue weighted by Crippen LogP contribution is 2.29. The normalized spacial score (nSPS) is 14.8. The van der Waals surface area contributed by atoms with Gasteiger partial charge in [0.05, 0.1) is 24.7 Å². The van der Waals surface area contributed by atoms with E-state index in [9.17, 15) is 4.79 Å². The maximum atomic E-state index is 12.3. The Bertz CT molecular complexity index is 796. The van der Waals surface area contributed by atoms with Crippen LogP contribution in [0, 0.1) is 11.8 Å². The molecule has 0 aliphatic heterocycles. The van der Waals surface area contributed by atoms with Gasteiger partial charge in [-0.15, -0.1) is 0 Å². The fourth-order valence-electron chi connectivity index (χ4n) is 3.98. The second-order valence-electron chi connectivity index (χ2n) is 8.47. The van der Waals surface area contributed by atoms with Crippen molar-refractivity contribution in [2.75, 3.05) is 12.4 Å². The van der Waals surface area contributed by atoms with Gasteiger partial charge in [-0.1, -0.05) is 46.0 Å². The summed E-state index contributed by atoms with van der Waals surface area (Å²) in [6.45, 7) is 4.09. The first kappa shape index (κ1) is 21.3. The van der Waals surface area contributed by atoms with Gasteiger partial charge in [0.15, 0.2) is 5.82 Å². The minimum atomic E-state index is 0.00501. The smallest absolute Gasteiger partial charge is 0.225 e. The average Bonchev–Trinajstić information content (AvgIpc) is 2.73. The Kier molecular flexibility index (Phi) is 7.62. The molecule has 1 aliphatic rings. The van der Waals surface area contributed by atoms with Crippen molar-refractivity contribution in [2.24, 2.45) is 11.8 Å². The lowest BCUT2D eigenvalue weighted by Gasteiger charge is -2.21. The predicted molar refractivity (Wildman–Crippen MR) is 117 cm³/mol. The van der Waals surface area contributed by atoms with Crippen LogP contribution in [0.2, 0.25) is 0 Å². The minimum Gasteiger partial charge on any atom is -0.497 e. The number of hydrogen-bond acceptors (Lipinski definition) is 4. The second kappa shape index (κ2) is 10.4. The summed E-state index contributed by atoms with van der Waals surface area (Å²) < 4.78 is 5.25. The molecule has 5 nitrogen and oxygen atoms in total. The summed E-state index contributed by atoms with van der Waals surface area (Å²) in [5.74, 6) is 2.51. The summed E-state index contributed by atoms with van der Waals surface area (Å²) in [4.78, 5) is 21.8. The third-order valence-corrected chi connectivity index (χ3v) is 5.60. The third kappa shape index (κ3) is 6.28. The molecular weight excluding hydrogens is 362 g/mol. The standard InChI is InChI=1S/C24H33N3O2/c1-17(2)15-23(28)27-24-21(14-9-18-7-5-4-6-8-18)26-22(16-25-24)19-10-12-20(29-3)13-11-19/h10-13,16-18H,4-9,14-15H2,1-3H3,(H,25,27,28). The van der Waals surface area contributed by atoms with Crippen LogP contribution in [0.5, 0.6) is 5.75 Å². The Morgan fingerprint density at radius 1 is 1.17 bits per heavy atom. The van der Waals surface area contributed by atoms with Gasteiger partial charge in [-0.3, -0.25) is 4.79 Å². The molecule has 3 rings (SSSR count). The molecule has 29 heavy (non-hydrogen) atoms. The summed E-state index contributed by atoms with van der Waals surface area (Å²) in [6, 6.07) is 7.84. The first-order valence-electron chi connectivity index (χ1n) is 10.9. The summed E-state index contributed by atoms with van der Waals surface area (Å²) in [7, 11) is 1.66. The largest absolute Gasteiger partial charge is 0.497 e. The Labute approximate surface area is 174 Å². The van der Waals surface area contributed by atoms with Crippen LogP contribution in [0.4, 0.5) is 5.82 Å². The molecule has 1 aromatic heterocycles. The van der Waals surface area contributed by atoms with Gasteiger partial charge in [0, 0.05) is 12.0 Å². The van der Waals surface area contributed by atoms with E-state index in [2.05, 4.69) is 10.3 Å². The van der Waals surface area contributed by atoms with E-state index in [0.29, 0.717) is 18.2 Å². The summed E-state index contributed by atoms with van der Waals surface area (Å²) in [5.41, 5.74) is 2.71. The monoisotopic (exact) mass is 395 g/mol. The number of aryl methyl sites for hydroxylation is 1. The number of carbonyl (C=O) groups is 1. The number of benzene rings is 1. The predicted octanol–water partition coefficient (Wildman–Crippen LogP) is 5.65. The number of hydrogen-bond donors (Lipinski definition) is 1. The van der Waals surface area contributed by atoms with Gasteiger partial charge in [0.25, 0.3) is 0 Å². The molecule has 1 N–H and O–H groups in total. The molecule has 1 amide bonds. The highest BCUT2D eigenvalue weighted by Gasteiger charge is 2.17. The Morgan fingerprint density at radius 3 is 2.55 bits per heavy atom. The maximum absolute atomic E-state index is 12.3. The van der Waals surface area contributed by atoms with E-state index >= 15 is 0 Å². The van der Waals surface area contributed by atoms with Crippen LogP contribution < -0.4 is 10.1 Å². The van der Waals surface area contributed by atoms with Crippen LogP contribution in [0.15, 0.2) is 30.5 Å². The Hall–Kier alpha value is -2.43. The first-order chi connectivity index (χ1) is 14.0. The van der Waals surface area contributed by atoms with Crippen molar-refractivity contribution in [2.45, 2.75) is 65.2 Å². The number of anilines is 1. The summed E-state index contributed by atoms with van der Waals surface area (Å²) in [5, 5.41) is 2.99. The van der Waals surface area contributed by atoms with E-state index < -0.39 is 0 Å². The Morgan fingerprint density at radius 2 is 1.90 bits per heavy atom. The fraction of sp³-hybridized carbons (Fsp3) is 0.542. The molecule has 1 aliphatic carbocycles. The molecule has 0 radical (unpaired) electrons. The number of carbonyl (C=O) groups excluding carboxylic acids is 1. The molecule has 156 valence electrons. The highest BCUT2D eigenvalue weighted by molar-refractivity contribution is 5.90. The number of methoxy groups -OCH3 is 1. The molecule has 1 saturated carbocycles. The van der Waals surface area contributed by atoms with Crippen molar-refractivity contribution >= 4 is 11.7 Å². The molecule has 1 aromatic carbocycles. The van der Waals surface area contributed by atoms with Crippen molar-refractivity contribution in [3.8, 4) is 17.0 Å². The fourth-order valence-corrected chi connectivity index (χ4v) is 3.98. The zero-order valence-electron chi connectivity index (χ0n) is 17.9. The highest BCUT2D eigenvalue weighted by atomic mass is 16.5. The van der Waals surface area contributed by atoms with Gasteiger partial charge in [-0.05, 0) is 48.9 Å². The zero-order valence-corrected chi connectivity index (χ0v) is 17.9. The van der Waals surface area contributed by atoms with E-state index in [0.717, 1.165) is 41.5 Å². The number of amides is 1. The summed E-state index contributed by atoms with van der Waals surface area (Å²) in [6.07, 6.45) is 10.8. The lowest BCUT2D eigenvalue weighted by atomic mass is 9.86. The number of rotatable bonds is 8. The zero-order chi connectivity index (χ0) is 20.6. The van der Waals surface area contributed by atoms with Crippen molar-refractivity contribution in [3.05, 3.63) is 36.2 Å². The van der Waals surface area contributed by atoms with Crippen LogP contribution in [0.1, 0.15) is 64.5 Å². The van der Waals surface area contributed by atoms with Crippen molar-refractivity contribution < 1.29 is 9.53 Å². The lowest BCUT2D eigenvalue weighted by molar-refractivity contribution is -0.116. The summed E-state index contributed by atoms with van der Waals surface area (Å²) >= 11 is 0. The van der Waals surface area contributed by atoms with Crippen LogP contribution >= 0.6 is 0 Å². The molecule has 0 saturated heterocycles. The molecule has 0 atom stereocenters. The molecule has 5 heteroatoms. The van der Waals surface area contributed by atoms with Crippen molar-refractivity contribution in [1.82, 2.24) is 9.97 Å². The van der Waals surface area contributed by atoms with E-state index in [1.165, 1.54) is 32.1 Å². The number of aromatic nitrogens is 2. The van der Waals surface area contributed by atoms with Gasteiger partial charge in [0.1, 0.15) is 5.75 Å². The number of ether oxygens (including phenoxy) is 1. The van der Waals surface area contributed by atoms with Gasteiger partial charge >= 0.3 is 0 Å². The second-order valence-corrected chi connectivity index (χ2v) is 8.47. The topological polar surface area (TPSA) is 64.1 Å². The van der Waals surface area contributed by atoms with Crippen LogP contribution in [0.25, 0.3) is 11.3 Å². The van der Waals surface area contributed by atoms with Gasteiger partial charge < -0.3 is 10.1 Å². The minimum absolute atomic E-state index is 0.00501. The molecule has 0 unspecified atom stereocenters. The van der Waals surface area contributed by atoms with Crippen LogP contribution in [-0.2, 0) is 11.2 Å². The number of nitrogens with one attached hydrogen (secondary N) is 1. The van der Waals surface area contributed by atoms with Crippen LogP contribution in [0.3, 0.4) is 0 Å². The van der Waals surface area contributed by atoms with E-state index in [1.807, 2.05) is 38.1 Å². The van der Waals surface area contributed by atoms with Crippen molar-refractivity contribution in [1.29, 1.82) is 0 Å². The van der Waals surface area contributed by atoms with Gasteiger partial charge in [-0.25, -0.2) is 9.97 Å². The molecular formula is C24H33N3O2. The molecule has 2 aromatic rings. The quantitative estimate of drug-likeness (QED) is 0.627. The molecule has 1 fully saturated rings. The maximum Gasteiger partial charge on any atom is 0.225 e. The van der Waals surface area contributed by atoms with E-state index in [4.69, 9.17) is 9.72 Å². The van der Waals surface area contributed by atoms with Crippen LogP contribution in [-0.4, -0.2) is 23.0 Å².